The normalized spacial score (nSPS) is 36.3. The number of hydrogen-bond acceptors (Lipinski definition) is 6. The van der Waals surface area contributed by atoms with E-state index in [1.165, 1.54) is 14.0 Å². The van der Waals surface area contributed by atoms with Crippen molar-refractivity contribution < 1.29 is 29.2 Å². The first-order chi connectivity index (χ1) is 7.10. The number of hydrogen-bond donors (Lipinski definition) is 2. The quantitative estimate of drug-likeness (QED) is 0.574. The van der Waals surface area contributed by atoms with Crippen molar-refractivity contribution in [1.82, 2.24) is 0 Å². The molecule has 0 bridgehead atoms. The Morgan fingerprint density at radius 3 is 2.67 bits per heavy atom. The van der Waals surface area contributed by atoms with Gasteiger partial charge in [0.15, 0.2) is 6.10 Å². The molecular weight excluding hydrogens is 204 g/mol. The zero-order valence-electron chi connectivity index (χ0n) is 8.75. The van der Waals surface area contributed by atoms with Gasteiger partial charge >= 0.3 is 5.97 Å². The van der Waals surface area contributed by atoms with Crippen LogP contribution in [0.4, 0.5) is 0 Å². The van der Waals surface area contributed by atoms with E-state index in [0.29, 0.717) is 0 Å². The second-order valence-electron chi connectivity index (χ2n) is 3.40. The third-order valence-electron chi connectivity index (χ3n) is 2.30. The van der Waals surface area contributed by atoms with E-state index in [1.807, 2.05) is 0 Å². The van der Waals surface area contributed by atoms with Crippen LogP contribution in [-0.2, 0) is 19.0 Å². The lowest BCUT2D eigenvalue weighted by Crippen LogP contribution is -2.56. The predicted molar refractivity (Wildman–Crippen MR) is 49.2 cm³/mol. The van der Waals surface area contributed by atoms with Crippen molar-refractivity contribution in [2.75, 3.05) is 20.3 Å². The van der Waals surface area contributed by atoms with Crippen molar-refractivity contribution in [1.29, 1.82) is 0 Å². The van der Waals surface area contributed by atoms with Gasteiger partial charge in [0.2, 0.25) is 0 Å². The van der Waals surface area contributed by atoms with Gasteiger partial charge in [-0.1, -0.05) is 0 Å². The largest absolute Gasteiger partial charge is 0.457 e. The van der Waals surface area contributed by atoms with E-state index >= 15 is 0 Å². The molecule has 0 saturated carbocycles. The van der Waals surface area contributed by atoms with Gasteiger partial charge in [0.1, 0.15) is 18.3 Å². The molecule has 0 unspecified atom stereocenters. The summed E-state index contributed by atoms with van der Waals surface area (Å²) in [5, 5.41) is 18.6. The average molecular weight is 220 g/mol. The number of aliphatic hydroxyl groups is 2. The molecule has 1 heterocycles. The number of carbonyl (C=O) groups is 1. The fourth-order valence-electron chi connectivity index (χ4n) is 1.62. The first-order valence-electron chi connectivity index (χ1n) is 4.70. The lowest BCUT2D eigenvalue weighted by Gasteiger charge is -2.38. The molecule has 1 aliphatic rings. The Kier molecular flexibility index (Phi) is 4.46. The van der Waals surface area contributed by atoms with E-state index in [2.05, 4.69) is 0 Å². The Balaban J connectivity index is 2.73. The van der Waals surface area contributed by atoms with Gasteiger partial charge in [-0.15, -0.1) is 0 Å². The van der Waals surface area contributed by atoms with Gasteiger partial charge in [-0.3, -0.25) is 4.79 Å². The summed E-state index contributed by atoms with van der Waals surface area (Å²) in [6.45, 7) is 1.02. The molecule has 6 nitrogen and oxygen atoms in total. The van der Waals surface area contributed by atoms with Crippen molar-refractivity contribution in [3.8, 4) is 0 Å². The SMILES string of the molecule is CO[C@H]1[C@H](OC(C)=O)[C@@H](CO)OC[C@@H]1O. The highest BCUT2D eigenvalue weighted by atomic mass is 16.6. The van der Waals surface area contributed by atoms with Crippen molar-refractivity contribution in [2.24, 2.45) is 0 Å². The first kappa shape index (κ1) is 12.4. The van der Waals surface area contributed by atoms with Gasteiger partial charge in [0.25, 0.3) is 0 Å². The lowest BCUT2D eigenvalue weighted by atomic mass is 10.00. The summed E-state index contributed by atoms with van der Waals surface area (Å²) in [6.07, 6.45) is -2.95. The lowest BCUT2D eigenvalue weighted by molar-refractivity contribution is -0.218. The summed E-state index contributed by atoms with van der Waals surface area (Å²) in [7, 11) is 1.41. The molecule has 1 fully saturated rings. The Bertz CT molecular complexity index is 219. The average Bonchev–Trinajstić information content (AvgIpc) is 2.18. The zero-order chi connectivity index (χ0) is 11.4. The van der Waals surface area contributed by atoms with E-state index in [0.717, 1.165) is 0 Å². The number of aliphatic hydroxyl groups excluding tert-OH is 2. The standard InChI is InChI=1S/C9H16O6/c1-5(11)15-9-7(3-10)14-4-6(12)8(9)13-2/h6-10,12H,3-4H2,1-2H3/t6-,7+,8+,9+/m0/s1. The first-order valence-corrected chi connectivity index (χ1v) is 4.70. The van der Waals surface area contributed by atoms with E-state index in [9.17, 15) is 9.90 Å². The van der Waals surface area contributed by atoms with Crippen LogP contribution in [0.15, 0.2) is 0 Å². The highest BCUT2D eigenvalue weighted by Gasteiger charge is 2.42. The molecule has 0 aromatic carbocycles. The summed E-state index contributed by atoms with van der Waals surface area (Å²) in [6, 6.07) is 0. The molecule has 0 aromatic heterocycles. The predicted octanol–water partition coefficient (Wildman–Crippen LogP) is -1.31. The van der Waals surface area contributed by atoms with Gasteiger partial charge in [-0.2, -0.15) is 0 Å². The van der Waals surface area contributed by atoms with Crippen molar-refractivity contribution in [2.45, 2.75) is 31.3 Å². The van der Waals surface area contributed by atoms with E-state index in [-0.39, 0.29) is 13.2 Å². The minimum absolute atomic E-state index is 0.0570. The second kappa shape index (κ2) is 5.41. The topological polar surface area (TPSA) is 85.2 Å². The number of methoxy groups -OCH3 is 1. The van der Waals surface area contributed by atoms with Crippen molar-refractivity contribution >= 4 is 5.97 Å². The summed E-state index contributed by atoms with van der Waals surface area (Å²) >= 11 is 0. The summed E-state index contributed by atoms with van der Waals surface area (Å²) in [4.78, 5) is 10.8. The smallest absolute Gasteiger partial charge is 0.303 e. The fraction of sp³-hybridized carbons (Fsp3) is 0.889. The molecule has 4 atom stereocenters. The van der Waals surface area contributed by atoms with Crippen LogP contribution >= 0.6 is 0 Å². The van der Waals surface area contributed by atoms with Gasteiger partial charge in [-0.05, 0) is 0 Å². The fourth-order valence-corrected chi connectivity index (χ4v) is 1.62. The molecule has 0 aliphatic carbocycles. The van der Waals surface area contributed by atoms with Crippen LogP contribution in [0.2, 0.25) is 0 Å². The maximum atomic E-state index is 10.8. The molecule has 0 radical (unpaired) electrons. The third kappa shape index (κ3) is 2.88. The molecule has 2 N–H and O–H groups in total. The summed E-state index contributed by atoms with van der Waals surface area (Å²) < 4.78 is 15.1. The monoisotopic (exact) mass is 220 g/mol. The minimum Gasteiger partial charge on any atom is -0.457 e. The number of rotatable bonds is 3. The van der Waals surface area contributed by atoms with E-state index in [4.69, 9.17) is 19.3 Å². The van der Waals surface area contributed by atoms with Gasteiger partial charge in [0, 0.05) is 14.0 Å². The van der Waals surface area contributed by atoms with Crippen LogP contribution in [0, 0.1) is 0 Å². The van der Waals surface area contributed by atoms with Crippen LogP contribution < -0.4 is 0 Å². The molecule has 1 saturated heterocycles. The van der Waals surface area contributed by atoms with E-state index in [1.54, 1.807) is 0 Å². The van der Waals surface area contributed by atoms with Crippen molar-refractivity contribution in [3.63, 3.8) is 0 Å². The van der Waals surface area contributed by atoms with Gasteiger partial charge < -0.3 is 24.4 Å². The molecule has 1 aliphatic heterocycles. The highest BCUT2D eigenvalue weighted by Crippen LogP contribution is 2.20. The molecule has 15 heavy (non-hydrogen) atoms. The van der Waals surface area contributed by atoms with Crippen molar-refractivity contribution in [3.05, 3.63) is 0 Å². The minimum atomic E-state index is -0.859. The van der Waals surface area contributed by atoms with E-state index < -0.39 is 30.4 Å². The van der Waals surface area contributed by atoms with Gasteiger partial charge in [0.05, 0.1) is 13.2 Å². The Labute approximate surface area is 87.7 Å². The second-order valence-corrected chi connectivity index (χ2v) is 3.40. The van der Waals surface area contributed by atoms with Crippen LogP contribution in [0.25, 0.3) is 0 Å². The Morgan fingerprint density at radius 1 is 1.53 bits per heavy atom. The van der Waals surface area contributed by atoms with Crippen LogP contribution in [0.1, 0.15) is 6.92 Å². The molecule has 6 heteroatoms. The molecule has 0 spiro atoms. The van der Waals surface area contributed by atoms with Crippen LogP contribution in [0.3, 0.4) is 0 Å². The Hall–Kier alpha value is -0.690. The maximum Gasteiger partial charge on any atom is 0.303 e. The zero-order valence-corrected chi connectivity index (χ0v) is 8.75. The highest BCUT2D eigenvalue weighted by molar-refractivity contribution is 5.66. The van der Waals surface area contributed by atoms with Gasteiger partial charge in [-0.25, -0.2) is 0 Å². The van der Waals surface area contributed by atoms with Crippen LogP contribution in [-0.4, -0.2) is 60.9 Å². The van der Waals surface area contributed by atoms with Crippen LogP contribution in [0.5, 0.6) is 0 Å². The maximum absolute atomic E-state index is 10.8. The molecule has 0 aromatic rings. The third-order valence-corrected chi connectivity index (χ3v) is 2.30. The molecular formula is C9H16O6. The molecule has 88 valence electrons. The summed E-state index contributed by atoms with van der Waals surface area (Å²) in [5.41, 5.74) is 0. The number of esters is 1. The molecule has 1 rings (SSSR count). The number of ether oxygens (including phenoxy) is 3. The Morgan fingerprint density at radius 2 is 2.20 bits per heavy atom. The summed E-state index contributed by atoms with van der Waals surface area (Å²) in [5.74, 6) is -0.502. The number of carbonyl (C=O) groups excluding carboxylic acids is 1. The molecule has 0 amide bonds.